The van der Waals surface area contributed by atoms with Crippen molar-refractivity contribution in [1.29, 1.82) is 5.26 Å². The summed E-state index contributed by atoms with van der Waals surface area (Å²) in [5, 5.41) is 24.7. The third-order valence-corrected chi connectivity index (χ3v) is 5.59. The molecule has 0 unspecified atom stereocenters. The third kappa shape index (κ3) is 4.05. The van der Waals surface area contributed by atoms with Crippen LogP contribution in [0.5, 0.6) is 5.88 Å². The molecule has 0 atom stereocenters. The van der Waals surface area contributed by atoms with Crippen molar-refractivity contribution in [2.24, 2.45) is 0 Å². The molecular weight excluding hydrogens is 428 g/mol. The standard InChI is InChI=1S/C27H22N4O3/c1-3-30-26(33)22(16-28)18(2)24(27(30)34)23(32)15-14-20-17-31(21-12-8-5-9-13-21)29-25(20)19-10-6-4-7-11-19/h4-15,17,34H,3H2,1-2H3/b15-14+. The number of aromatic hydroxyl groups is 1. The number of para-hydroxylation sites is 1. The van der Waals surface area contributed by atoms with Crippen molar-refractivity contribution in [3.8, 4) is 28.9 Å². The van der Waals surface area contributed by atoms with Gasteiger partial charge in [-0.2, -0.15) is 10.4 Å². The van der Waals surface area contributed by atoms with Crippen LogP contribution in [0.25, 0.3) is 23.0 Å². The number of carbonyl (C=O) groups excluding carboxylic acids is 1. The average molecular weight is 450 g/mol. The van der Waals surface area contributed by atoms with Gasteiger partial charge in [-0.25, -0.2) is 4.68 Å². The number of rotatable bonds is 6. The van der Waals surface area contributed by atoms with Crippen LogP contribution in [0.3, 0.4) is 0 Å². The molecule has 2 heterocycles. The summed E-state index contributed by atoms with van der Waals surface area (Å²) in [7, 11) is 0. The Kier molecular flexibility index (Phi) is 6.24. The summed E-state index contributed by atoms with van der Waals surface area (Å²) in [5.41, 5.74) is 2.46. The SMILES string of the molecule is CCn1c(O)c(C(=O)/C=C/c2cn(-c3ccccc3)nc2-c2ccccc2)c(C)c(C#N)c1=O. The minimum absolute atomic E-state index is 0.0639. The molecule has 2 aromatic heterocycles. The molecule has 4 rings (SSSR count). The van der Waals surface area contributed by atoms with E-state index in [2.05, 4.69) is 0 Å². The summed E-state index contributed by atoms with van der Waals surface area (Å²) in [6.07, 6.45) is 4.78. The summed E-state index contributed by atoms with van der Waals surface area (Å²) in [4.78, 5) is 25.5. The van der Waals surface area contributed by atoms with Crippen molar-refractivity contribution >= 4 is 11.9 Å². The van der Waals surface area contributed by atoms with Crippen molar-refractivity contribution in [3.05, 3.63) is 106 Å². The van der Waals surface area contributed by atoms with E-state index < -0.39 is 17.2 Å². The van der Waals surface area contributed by atoms with Crippen molar-refractivity contribution in [2.45, 2.75) is 20.4 Å². The van der Waals surface area contributed by atoms with Crippen molar-refractivity contribution < 1.29 is 9.90 Å². The molecule has 2 aromatic carbocycles. The predicted molar refractivity (Wildman–Crippen MR) is 130 cm³/mol. The number of benzene rings is 2. The van der Waals surface area contributed by atoms with Crippen LogP contribution in [0.1, 0.15) is 34.0 Å². The van der Waals surface area contributed by atoms with E-state index in [1.54, 1.807) is 17.7 Å². The van der Waals surface area contributed by atoms with E-state index in [1.165, 1.54) is 13.0 Å². The molecule has 1 N–H and O–H groups in total. The summed E-state index contributed by atoms with van der Waals surface area (Å²) in [5.74, 6) is -0.956. The smallest absolute Gasteiger partial charge is 0.271 e. The first-order valence-corrected chi connectivity index (χ1v) is 10.8. The highest BCUT2D eigenvalue weighted by Crippen LogP contribution is 2.26. The molecule has 0 saturated heterocycles. The average Bonchev–Trinajstić information content (AvgIpc) is 3.29. The van der Waals surface area contributed by atoms with E-state index in [0.29, 0.717) is 11.3 Å². The predicted octanol–water partition coefficient (Wildman–Crippen LogP) is 4.50. The second-order valence-electron chi connectivity index (χ2n) is 7.64. The molecule has 0 spiro atoms. The highest BCUT2D eigenvalue weighted by atomic mass is 16.3. The molecule has 0 aliphatic carbocycles. The molecule has 0 aliphatic rings. The molecule has 7 heteroatoms. The number of pyridine rings is 1. The lowest BCUT2D eigenvalue weighted by Crippen LogP contribution is -2.25. The Morgan fingerprint density at radius 1 is 1.12 bits per heavy atom. The number of nitrogens with zero attached hydrogens (tertiary/aromatic N) is 4. The number of allylic oxidation sites excluding steroid dienone is 1. The Hall–Kier alpha value is -4.70. The van der Waals surface area contributed by atoms with E-state index in [0.717, 1.165) is 15.8 Å². The highest BCUT2D eigenvalue weighted by Gasteiger charge is 2.22. The monoisotopic (exact) mass is 450 g/mol. The van der Waals surface area contributed by atoms with Gasteiger partial charge in [0.2, 0.25) is 5.88 Å². The summed E-state index contributed by atoms with van der Waals surface area (Å²) in [6.45, 7) is 3.28. The van der Waals surface area contributed by atoms with Gasteiger partial charge >= 0.3 is 0 Å². The van der Waals surface area contributed by atoms with E-state index in [9.17, 15) is 20.0 Å². The fourth-order valence-corrected chi connectivity index (χ4v) is 3.83. The van der Waals surface area contributed by atoms with Crippen LogP contribution in [0.15, 0.2) is 77.7 Å². The molecular formula is C27H22N4O3. The topological polar surface area (TPSA) is 101 Å². The molecule has 4 aromatic rings. The second-order valence-corrected chi connectivity index (χ2v) is 7.64. The Morgan fingerprint density at radius 2 is 1.76 bits per heavy atom. The fraction of sp³-hybridized carbons (Fsp3) is 0.111. The molecule has 0 bridgehead atoms. The number of hydrogen-bond donors (Lipinski definition) is 1. The molecule has 7 nitrogen and oxygen atoms in total. The maximum Gasteiger partial charge on any atom is 0.271 e. The molecule has 0 fully saturated rings. The normalized spacial score (nSPS) is 11.0. The Bertz CT molecular complexity index is 1490. The lowest BCUT2D eigenvalue weighted by molar-refractivity contribution is 0.104. The molecule has 168 valence electrons. The van der Waals surface area contributed by atoms with Gasteiger partial charge in [0, 0.05) is 23.9 Å². The van der Waals surface area contributed by atoms with E-state index in [-0.39, 0.29) is 23.2 Å². The zero-order valence-corrected chi connectivity index (χ0v) is 18.8. The Morgan fingerprint density at radius 3 is 2.38 bits per heavy atom. The zero-order valence-electron chi connectivity index (χ0n) is 18.8. The van der Waals surface area contributed by atoms with E-state index in [4.69, 9.17) is 5.10 Å². The number of aromatic nitrogens is 3. The van der Waals surface area contributed by atoms with Gasteiger partial charge in [0.1, 0.15) is 11.6 Å². The van der Waals surface area contributed by atoms with Gasteiger partial charge in [-0.15, -0.1) is 0 Å². The lowest BCUT2D eigenvalue weighted by Gasteiger charge is -2.12. The maximum absolute atomic E-state index is 13.1. The molecule has 0 radical (unpaired) electrons. The van der Waals surface area contributed by atoms with E-state index in [1.807, 2.05) is 72.9 Å². The number of nitriles is 1. The zero-order chi connectivity index (χ0) is 24.2. The minimum Gasteiger partial charge on any atom is -0.494 e. The van der Waals surface area contributed by atoms with Crippen LogP contribution >= 0.6 is 0 Å². The van der Waals surface area contributed by atoms with Gasteiger partial charge < -0.3 is 5.11 Å². The van der Waals surface area contributed by atoms with Gasteiger partial charge in [0.15, 0.2) is 5.78 Å². The maximum atomic E-state index is 13.1. The van der Waals surface area contributed by atoms with Gasteiger partial charge in [0.25, 0.3) is 5.56 Å². The molecule has 0 amide bonds. The van der Waals surface area contributed by atoms with Crippen LogP contribution in [-0.2, 0) is 6.54 Å². The number of hydrogen-bond acceptors (Lipinski definition) is 5. The number of carbonyl (C=O) groups is 1. The third-order valence-electron chi connectivity index (χ3n) is 5.59. The van der Waals surface area contributed by atoms with Gasteiger partial charge in [0.05, 0.1) is 16.9 Å². The fourth-order valence-electron chi connectivity index (χ4n) is 3.83. The van der Waals surface area contributed by atoms with Gasteiger partial charge in [-0.3, -0.25) is 14.2 Å². The minimum atomic E-state index is -0.615. The first kappa shape index (κ1) is 22.5. The van der Waals surface area contributed by atoms with E-state index >= 15 is 0 Å². The van der Waals surface area contributed by atoms with Crippen molar-refractivity contribution in [3.63, 3.8) is 0 Å². The van der Waals surface area contributed by atoms with Crippen molar-refractivity contribution in [2.75, 3.05) is 0 Å². The van der Waals surface area contributed by atoms with Crippen LogP contribution in [0, 0.1) is 18.3 Å². The lowest BCUT2D eigenvalue weighted by atomic mass is 10.0. The molecule has 0 aliphatic heterocycles. The molecule has 0 saturated carbocycles. The summed E-state index contributed by atoms with van der Waals surface area (Å²) in [6, 6.07) is 21.1. The summed E-state index contributed by atoms with van der Waals surface area (Å²) >= 11 is 0. The molecule has 34 heavy (non-hydrogen) atoms. The second kappa shape index (κ2) is 9.43. The Labute approximate surface area is 196 Å². The Balaban J connectivity index is 1.81. The first-order valence-electron chi connectivity index (χ1n) is 10.8. The largest absolute Gasteiger partial charge is 0.494 e. The first-order chi connectivity index (χ1) is 16.5. The number of ketones is 1. The van der Waals surface area contributed by atoms with Crippen molar-refractivity contribution in [1.82, 2.24) is 14.3 Å². The van der Waals surface area contributed by atoms with Crippen LogP contribution < -0.4 is 5.56 Å². The quantitative estimate of drug-likeness (QED) is 0.344. The van der Waals surface area contributed by atoms with Crippen LogP contribution in [0.2, 0.25) is 0 Å². The highest BCUT2D eigenvalue weighted by molar-refractivity contribution is 6.09. The van der Waals surface area contributed by atoms with Gasteiger partial charge in [-0.1, -0.05) is 48.5 Å². The van der Waals surface area contributed by atoms with Crippen LogP contribution in [0.4, 0.5) is 0 Å². The van der Waals surface area contributed by atoms with Gasteiger partial charge in [-0.05, 0) is 43.7 Å². The summed E-state index contributed by atoms with van der Waals surface area (Å²) < 4.78 is 2.76. The van der Waals surface area contributed by atoms with Crippen LogP contribution in [-0.4, -0.2) is 25.2 Å².